The van der Waals surface area contributed by atoms with E-state index >= 15 is 0 Å². The molecule has 3 N–H and O–H groups in total. The summed E-state index contributed by atoms with van der Waals surface area (Å²) in [5.41, 5.74) is 5.54. The average molecular weight is 608 g/mol. The molecule has 0 heterocycles. The molecule has 1 unspecified atom stereocenters. The predicted octanol–water partition coefficient (Wildman–Crippen LogP) is 13.9. The Morgan fingerprint density at radius 3 is 0.698 bits per heavy atom. The summed E-state index contributed by atoms with van der Waals surface area (Å²) in [4.78, 5) is 10.7. The van der Waals surface area contributed by atoms with E-state index < -0.39 is 12.0 Å². The summed E-state index contributed by atoms with van der Waals surface area (Å²) in [5, 5.41) is 8.78. The molecule has 0 radical (unpaired) electrons. The summed E-state index contributed by atoms with van der Waals surface area (Å²) in [6, 6.07) is -0.668. The van der Waals surface area contributed by atoms with Gasteiger partial charge in [-0.05, 0) is 6.42 Å². The summed E-state index contributed by atoms with van der Waals surface area (Å²) >= 11 is 0. The molecule has 3 nitrogen and oxygen atoms in total. The van der Waals surface area contributed by atoms with Crippen LogP contribution in [0.3, 0.4) is 0 Å². The fourth-order valence-corrected chi connectivity index (χ4v) is 6.57. The fourth-order valence-electron chi connectivity index (χ4n) is 6.57. The van der Waals surface area contributed by atoms with E-state index in [1.807, 2.05) is 0 Å². The van der Waals surface area contributed by atoms with Crippen molar-refractivity contribution in [3.05, 3.63) is 0 Å². The molecule has 0 aliphatic heterocycles. The third-order valence-corrected chi connectivity index (χ3v) is 9.69. The molecule has 0 bridgehead atoms. The van der Waals surface area contributed by atoms with Gasteiger partial charge < -0.3 is 10.8 Å². The maximum Gasteiger partial charge on any atom is 0.320 e. The molecule has 0 amide bonds. The van der Waals surface area contributed by atoms with Gasteiger partial charge in [-0.3, -0.25) is 4.79 Å². The van der Waals surface area contributed by atoms with E-state index in [9.17, 15) is 4.79 Å². The van der Waals surface area contributed by atoms with Gasteiger partial charge in [0.1, 0.15) is 6.04 Å². The van der Waals surface area contributed by atoms with E-state index in [1.165, 1.54) is 218 Å². The van der Waals surface area contributed by atoms with Crippen LogP contribution in [-0.2, 0) is 4.79 Å². The number of nitrogens with two attached hydrogens (primary N) is 1. The van der Waals surface area contributed by atoms with Crippen LogP contribution >= 0.6 is 0 Å². The maximum atomic E-state index is 10.7. The quantitative estimate of drug-likeness (QED) is 0.0686. The minimum atomic E-state index is -0.865. The van der Waals surface area contributed by atoms with Crippen LogP contribution in [0.2, 0.25) is 0 Å². The Morgan fingerprint density at radius 2 is 0.535 bits per heavy atom. The van der Waals surface area contributed by atoms with Gasteiger partial charge in [0.05, 0.1) is 0 Å². The van der Waals surface area contributed by atoms with Gasteiger partial charge in [0.2, 0.25) is 0 Å². The largest absolute Gasteiger partial charge is 0.480 e. The van der Waals surface area contributed by atoms with Crippen molar-refractivity contribution in [1.29, 1.82) is 0 Å². The Bertz CT molecular complexity index is 523. The highest BCUT2D eigenvalue weighted by Crippen LogP contribution is 2.17. The van der Waals surface area contributed by atoms with Crippen LogP contribution in [0, 0.1) is 0 Å². The van der Waals surface area contributed by atoms with E-state index in [0.29, 0.717) is 6.42 Å². The zero-order chi connectivity index (χ0) is 31.3. The molecule has 3 heteroatoms. The van der Waals surface area contributed by atoms with Gasteiger partial charge in [-0.2, -0.15) is 0 Å². The number of carbonyl (C=O) groups is 1. The van der Waals surface area contributed by atoms with Crippen molar-refractivity contribution in [2.75, 3.05) is 0 Å². The molecule has 0 rings (SSSR count). The summed E-state index contributed by atoms with van der Waals surface area (Å²) < 4.78 is 0. The lowest BCUT2D eigenvalue weighted by Gasteiger charge is -2.06. The highest BCUT2D eigenvalue weighted by Gasteiger charge is 2.09. The standard InChI is InChI=1S/C40H81NO2/c1-2-3-4-5-6-7-8-9-10-11-12-13-14-15-16-17-18-19-20-21-22-23-24-25-26-27-28-29-30-31-32-33-34-35-36-37-38-39(41)40(42)43/h39H,2-38,41H2,1H3,(H,42,43). The van der Waals surface area contributed by atoms with Gasteiger partial charge in [0, 0.05) is 0 Å². The summed E-state index contributed by atoms with van der Waals surface area (Å²) in [6.45, 7) is 2.30. The second-order valence-electron chi connectivity index (χ2n) is 14.1. The van der Waals surface area contributed by atoms with Gasteiger partial charge in [-0.1, -0.05) is 238 Å². The molecule has 0 saturated carbocycles. The number of hydrogen-bond donors (Lipinski definition) is 2. The van der Waals surface area contributed by atoms with Crippen molar-refractivity contribution in [2.24, 2.45) is 5.73 Å². The van der Waals surface area contributed by atoms with Gasteiger partial charge in [0.25, 0.3) is 0 Å². The van der Waals surface area contributed by atoms with Crippen molar-refractivity contribution >= 4 is 5.97 Å². The van der Waals surface area contributed by atoms with Gasteiger partial charge in [-0.15, -0.1) is 0 Å². The van der Waals surface area contributed by atoms with Crippen LogP contribution < -0.4 is 5.73 Å². The first kappa shape index (κ1) is 42.4. The van der Waals surface area contributed by atoms with Crippen LogP contribution in [0.4, 0.5) is 0 Å². The second-order valence-corrected chi connectivity index (χ2v) is 14.1. The Balaban J connectivity index is 3.06. The molecule has 258 valence electrons. The molecule has 43 heavy (non-hydrogen) atoms. The highest BCUT2D eigenvalue weighted by atomic mass is 16.4. The molecule has 0 aromatic carbocycles. The van der Waals surface area contributed by atoms with Crippen LogP contribution in [-0.4, -0.2) is 17.1 Å². The van der Waals surface area contributed by atoms with Crippen LogP contribution in [0.25, 0.3) is 0 Å². The highest BCUT2D eigenvalue weighted by molar-refractivity contribution is 5.72. The Hall–Kier alpha value is -0.570. The van der Waals surface area contributed by atoms with Crippen LogP contribution in [0.5, 0.6) is 0 Å². The van der Waals surface area contributed by atoms with Crippen LogP contribution in [0.15, 0.2) is 0 Å². The molecule has 0 aliphatic carbocycles. The summed E-state index contributed by atoms with van der Waals surface area (Å²) in [7, 11) is 0. The third-order valence-electron chi connectivity index (χ3n) is 9.69. The zero-order valence-electron chi connectivity index (χ0n) is 29.7. The monoisotopic (exact) mass is 608 g/mol. The maximum absolute atomic E-state index is 10.7. The Morgan fingerprint density at radius 1 is 0.372 bits per heavy atom. The predicted molar refractivity (Wildman–Crippen MR) is 192 cm³/mol. The lowest BCUT2D eigenvalue weighted by Crippen LogP contribution is -2.29. The molecule has 0 saturated heterocycles. The van der Waals surface area contributed by atoms with Crippen LogP contribution in [0.1, 0.15) is 244 Å². The number of carboxylic acids is 1. The molecule has 0 aliphatic rings. The molecule has 0 aromatic rings. The van der Waals surface area contributed by atoms with Crippen molar-refractivity contribution < 1.29 is 9.90 Å². The number of rotatable bonds is 38. The first-order chi connectivity index (χ1) is 21.2. The first-order valence-corrected chi connectivity index (χ1v) is 20.2. The SMILES string of the molecule is CCCCCCCCCCCCCCCCCCCCCCCCCCCCCCCCCCCCCCC(N)C(=O)O. The summed E-state index contributed by atoms with van der Waals surface area (Å²) in [5.74, 6) is -0.865. The van der Waals surface area contributed by atoms with Crippen molar-refractivity contribution in [3.63, 3.8) is 0 Å². The molecular weight excluding hydrogens is 526 g/mol. The summed E-state index contributed by atoms with van der Waals surface area (Å²) in [6.07, 6.45) is 51.7. The Kier molecular flexibility index (Phi) is 37.1. The zero-order valence-corrected chi connectivity index (χ0v) is 29.7. The minimum Gasteiger partial charge on any atom is -0.480 e. The number of aliphatic carboxylic acids is 1. The molecule has 0 spiro atoms. The fraction of sp³-hybridized carbons (Fsp3) is 0.975. The van der Waals surface area contributed by atoms with Crippen molar-refractivity contribution in [1.82, 2.24) is 0 Å². The average Bonchev–Trinajstić information content (AvgIpc) is 3.00. The second kappa shape index (κ2) is 37.6. The molecular formula is C40H81NO2. The lowest BCUT2D eigenvalue weighted by molar-refractivity contribution is -0.138. The lowest BCUT2D eigenvalue weighted by atomic mass is 10.0. The normalized spacial score (nSPS) is 12.2. The van der Waals surface area contributed by atoms with Crippen molar-refractivity contribution in [3.8, 4) is 0 Å². The van der Waals surface area contributed by atoms with Gasteiger partial charge in [-0.25, -0.2) is 0 Å². The van der Waals surface area contributed by atoms with E-state index in [2.05, 4.69) is 6.92 Å². The van der Waals surface area contributed by atoms with E-state index in [1.54, 1.807) is 0 Å². The van der Waals surface area contributed by atoms with E-state index in [0.717, 1.165) is 12.8 Å². The van der Waals surface area contributed by atoms with E-state index in [-0.39, 0.29) is 0 Å². The van der Waals surface area contributed by atoms with Crippen molar-refractivity contribution in [2.45, 2.75) is 251 Å². The number of unbranched alkanes of at least 4 members (excludes halogenated alkanes) is 35. The number of carboxylic acid groups (broad SMARTS) is 1. The molecule has 0 fully saturated rings. The van der Waals surface area contributed by atoms with Gasteiger partial charge >= 0.3 is 5.97 Å². The third kappa shape index (κ3) is 37.5. The number of hydrogen-bond acceptors (Lipinski definition) is 2. The molecule has 1 atom stereocenters. The Labute approximate surface area is 271 Å². The van der Waals surface area contributed by atoms with Gasteiger partial charge in [0.15, 0.2) is 0 Å². The minimum absolute atomic E-state index is 0.620. The topological polar surface area (TPSA) is 63.3 Å². The first-order valence-electron chi connectivity index (χ1n) is 20.2. The smallest absolute Gasteiger partial charge is 0.320 e. The molecule has 0 aromatic heterocycles. The van der Waals surface area contributed by atoms with E-state index in [4.69, 9.17) is 10.8 Å².